The molecule has 1 saturated heterocycles. The van der Waals surface area contributed by atoms with Crippen LogP contribution in [0.15, 0.2) is 40.5 Å². The van der Waals surface area contributed by atoms with E-state index in [-0.39, 0.29) is 12.0 Å². The van der Waals surface area contributed by atoms with Crippen molar-refractivity contribution in [2.75, 3.05) is 20.2 Å². The third-order valence-electron chi connectivity index (χ3n) is 4.03. The molecule has 0 saturated carbocycles. The monoisotopic (exact) mass is 372 g/mol. The number of rotatable bonds is 5. The van der Waals surface area contributed by atoms with Crippen LogP contribution in [-0.2, 0) is 0 Å². The van der Waals surface area contributed by atoms with Gasteiger partial charge in [0.05, 0.1) is 18.5 Å². The molecule has 8 nitrogen and oxygen atoms in total. The first-order valence-electron chi connectivity index (χ1n) is 8.06. The van der Waals surface area contributed by atoms with E-state index >= 15 is 0 Å². The highest BCUT2D eigenvalue weighted by atomic mass is 32.1. The van der Waals surface area contributed by atoms with Gasteiger partial charge in [-0.3, -0.25) is 4.79 Å². The van der Waals surface area contributed by atoms with Gasteiger partial charge in [-0.25, -0.2) is 9.97 Å². The highest BCUT2D eigenvalue weighted by Crippen LogP contribution is 2.27. The van der Waals surface area contributed by atoms with Crippen molar-refractivity contribution in [2.24, 2.45) is 0 Å². The van der Waals surface area contributed by atoms with Gasteiger partial charge >= 0.3 is 0 Å². The molecule has 9 heteroatoms. The zero-order valence-corrected chi connectivity index (χ0v) is 14.8. The van der Waals surface area contributed by atoms with Crippen molar-refractivity contribution in [3.8, 4) is 22.4 Å². The number of aromatic nitrogens is 3. The van der Waals surface area contributed by atoms with Crippen LogP contribution >= 0.6 is 11.3 Å². The number of hydrogen-bond donors (Lipinski definition) is 0. The summed E-state index contributed by atoms with van der Waals surface area (Å²) in [7, 11) is 1.51. The van der Waals surface area contributed by atoms with Crippen LogP contribution in [0.25, 0.3) is 10.6 Å². The third kappa shape index (κ3) is 3.25. The summed E-state index contributed by atoms with van der Waals surface area (Å²) in [6.07, 6.45) is 3.60. The minimum absolute atomic E-state index is 0.172. The lowest BCUT2D eigenvalue weighted by Crippen LogP contribution is -2.31. The van der Waals surface area contributed by atoms with Gasteiger partial charge in [0.2, 0.25) is 0 Å². The lowest BCUT2D eigenvalue weighted by Gasteiger charge is -2.16. The van der Waals surface area contributed by atoms with E-state index in [2.05, 4.69) is 15.1 Å². The number of likely N-dealkylation sites (tertiary alicyclic amines) is 1. The number of hydrogen-bond acceptors (Lipinski definition) is 8. The Hall–Kier alpha value is -2.94. The van der Waals surface area contributed by atoms with Crippen LogP contribution in [0, 0.1) is 0 Å². The van der Waals surface area contributed by atoms with Crippen molar-refractivity contribution in [2.45, 2.75) is 12.5 Å². The predicted molar refractivity (Wildman–Crippen MR) is 93.3 cm³/mol. The molecule has 3 aromatic heterocycles. The maximum absolute atomic E-state index is 12.6. The summed E-state index contributed by atoms with van der Waals surface area (Å²) in [5.41, 5.74) is 0.297. The van der Waals surface area contributed by atoms with Crippen LogP contribution < -0.4 is 9.47 Å². The van der Waals surface area contributed by atoms with Crippen LogP contribution in [-0.4, -0.2) is 52.2 Å². The SMILES string of the molecule is COc1nccnc1OC1CCN(C(=O)c2cc(-c3cccs3)on2)C1. The molecule has 0 bridgehead atoms. The number of methoxy groups -OCH3 is 1. The van der Waals surface area contributed by atoms with E-state index in [0.717, 1.165) is 4.88 Å². The summed E-state index contributed by atoms with van der Waals surface area (Å²) in [5, 5.41) is 5.86. The minimum Gasteiger partial charge on any atom is -0.477 e. The lowest BCUT2D eigenvalue weighted by molar-refractivity contribution is 0.0760. The Morgan fingerprint density at radius 1 is 1.35 bits per heavy atom. The van der Waals surface area contributed by atoms with Crippen LogP contribution in [0.1, 0.15) is 16.9 Å². The highest BCUT2D eigenvalue weighted by Gasteiger charge is 2.31. The first-order valence-corrected chi connectivity index (χ1v) is 8.94. The molecule has 1 amide bonds. The van der Waals surface area contributed by atoms with Gasteiger partial charge < -0.3 is 18.9 Å². The molecule has 0 aliphatic carbocycles. The Bertz CT molecular complexity index is 896. The average molecular weight is 372 g/mol. The van der Waals surface area contributed by atoms with Gasteiger partial charge in [-0.1, -0.05) is 11.2 Å². The molecule has 0 N–H and O–H groups in total. The Labute approximate surface area is 153 Å². The Morgan fingerprint density at radius 3 is 2.96 bits per heavy atom. The molecule has 1 fully saturated rings. The summed E-state index contributed by atoms with van der Waals surface area (Å²) in [5.74, 6) is 1.08. The van der Waals surface area contributed by atoms with Gasteiger partial charge in [0.1, 0.15) is 6.10 Å². The van der Waals surface area contributed by atoms with Crippen LogP contribution in [0.3, 0.4) is 0 Å². The molecular weight excluding hydrogens is 356 g/mol. The highest BCUT2D eigenvalue weighted by molar-refractivity contribution is 7.13. The first-order chi connectivity index (χ1) is 12.7. The van der Waals surface area contributed by atoms with E-state index in [9.17, 15) is 4.79 Å². The van der Waals surface area contributed by atoms with Crippen molar-refractivity contribution in [1.29, 1.82) is 0 Å². The molecule has 0 radical (unpaired) electrons. The quantitative estimate of drug-likeness (QED) is 0.679. The zero-order valence-electron chi connectivity index (χ0n) is 14.0. The van der Waals surface area contributed by atoms with E-state index in [1.807, 2.05) is 17.5 Å². The number of amides is 1. The fraction of sp³-hybridized carbons (Fsp3) is 0.294. The average Bonchev–Trinajstić information content (AvgIpc) is 3.42. The molecule has 0 aromatic carbocycles. The maximum Gasteiger partial charge on any atom is 0.278 e. The summed E-state index contributed by atoms with van der Waals surface area (Å²) >= 11 is 1.54. The van der Waals surface area contributed by atoms with E-state index in [0.29, 0.717) is 42.7 Å². The molecule has 0 spiro atoms. The fourth-order valence-electron chi connectivity index (χ4n) is 2.77. The van der Waals surface area contributed by atoms with Crippen molar-refractivity contribution in [3.63, 3.8) is 0 Å². The van der Waals surface area contributed by atoms with Crippen LogP contribution in [0.5, 0.6) is 11.8 Å². The zero-order chi connectivity index (χ0) is 17.9. The second-order valence-corrected chi connectivity index (χ2v) is 6.65. The van der Waals surface area contributed by atoms with Crippen LogP contribution in [0.4, 0.5) is 0 Å². The van der Waals surface area contributed by atoms with E-state index in [1.165, 1.54) is 30.8 Å². The normalized spacial score (nSPS) is 16.7. The second kappa shape index (κ2) is 7.12. The van der Waals surface area contributed by atoms with Gasteiger partial charge in [-0.15, -0.1) is 11.3 Å². The van der Waals surface area contributed by atoms with Crippen molar-refractivity contribution in [1.82, 2.24) is 20.0 Å². The molecule has 1 aliphatic heterocycles. The Kier molecular flexibility index (Phi) is 4.53. The Morgan fingerprint density at radius 2 is 2.19 bits per heavy atom. The predicted octanol–water partition coefficient (Wildman–Crippen LogP) is 2.50. The van der Waals surface area contributed by atoms with Gasteiger partial charge in [0.25, 0.3) is 17.7 Å². The number of carbonyl (C=O) groups is 1. The van der Waals surface area contributed by atoms with Crippen molar-refractivity contribution in [3.05, 3.63) is 41.7 Å². The standard InChI is InChI=1S/C17H16N4O4S/c1-23-15-16(19-6-5-18-15)24-11-4-7-21(10-11)17(22)12-9-13(25-20-12)14-3-2-8-26-14/h2-3,5-6,8-9,11H,4,7,10H2,1H3. The van der Waals surface area contributed by atoms with Crippen LogP contribution in [0.2, 0.25) is 0 Å². The largest absolute Gasteiger partial charge is 0.477 e. The Balaban J connectivity index is 1.41. The number of ether oxygens (including phenoxy) is 2. The molecule has 1 atom stereocenters. The summed E-state index contributed by atoms with van der Waals surface area (Å²) in [6.45, 7) is 1.02. The van der Waals surface area contributed by atoms with Gasteiger partial charge in [0, 0.05) is 31.4 Å². The lowest BCUT2D eigenvalue weighted by atomic mass is 10.3. The molecule has 134 valence electrons. The van der Waals surface area contributed by atoms with Gasteiger partial charge in [0.15, 0.2) is 11.5 Å². The van der Waals surface area contributed by atoms with Gasteiger partial charge in [-0.05, 0) is 11.4 Å². The minimum atomic E-state index is -0.173. The fourth-order valence-corrected chi connectivity index (χ4v) is 3.45. The molecular formula is C17H16N4O4S. The van der Waals surface area contributed by atoms with Crippen molar-refractivity contribution < 1.29 is 18.8 Å². The maximum atomic E-state index is 12.6. The second-order valence-electron chi connectivity index (χ2n) is 5.70. The molecule has 4 heterocycles. The summed E-state index contributed by atoms with van der Waals surface area (Å²) in [4.78, 5) is 23.5. The van der Waals surface area contributed by atoms with Crippen molar-refractivity contribution >= 4 is 17.2 Å². The topological polar surface area (TPSA) is 90.6 Å². The summed E-state index contributed by atoms with van der Waals surface area (Å²) in [6, 6.07) is 5.52. The van der Waals surface area contributed by atoms with E-state index in [4.69, 9.17) is 14.0 Å². The van der Waals surface area contributed by atoms with E-state index < -0.39 is 0 Å². The number of carbonyl (C=O) groups excluding carboxylic acids is 1. The van der Waals surface area contributed by atoms with Gasteiger partial charge in [-0.2, -0.15) is 0 Å². The molecule has 1 unspecified atom stereocenters. The smallest absolute Gasteiger partial charge is 0.278 e. The van der Waals surface area contributed by atoms with E-state index in [1.54, 1.807) is 11.0 Å². The molecule has 1 aliphatic rings. The first kappa shape index (κ1) is 16.5. The molecule has 3 aromatic rings. The molecule has 26 heavy (non-hydrogen) atoms. The third-order valence-corrected chi connectivity index (χ3v) is 4.91. The number of thiophene rings is 1. The number of nitrogens with zero attached hydrogens (tertiary/aromatic N) is 4. The summed E-state index contributed by atoms with van der Waals surface area (Å²) < 4.78 is 16.3. The molecule has 4 rings (SSSR count).